The Bertz CT molecular complexity index is 715. The van der Waals surface area contributed by atoms with E-state index in [1.807, 2.05) is 0 Å². The Kier molecular flexibility index (Phi) is 3.55. The minimum absolute atomic E-state index is 0.398. The second-order valence-electron chi connectivity index (χ2n) is 6.44. The van der Waals surface area contributed by atoms with Crippen LogP contribution < -0.4 is 0 Å². The molecule has 0 unspecified atom stereocenters. The normalized spacial score (nSPS) is 18.4. The van der Waals surface area contributed by atoms with E-state index in [0.717, 1.165) is 48.8 Å². The lowest BCUT2D eigenvalue weighted by Crippen LogP contribution is -2.06. The fourth-order valence-corrected chi connectivity index (χ4v) is 3.32. The van der Waals surface area contributed by atoms with Crippen molar-refractivity contribution in [2.24, 2.45) is 0 Å². The van der Waals surface area contributed by atoms with E-state index in [1.54, 1.807) is 0 Å². The van der Waals surface area contributed by atoms with Gasteiger partial charge in [0.25, 0.3) is 0 Å². The maximum Gasteiger partial charge on any atom is 0.416 e. The first-order valence-electron chi connectivity index (χ1n) is 7.77. The fraction of sp³-hybridized carbons (Fsp3) is 0.471. The zero-order valence-corrected chi connectivity index (χ0v) is 13.9. The summed E-state index contributed by atoms with van der Waals surface area (Å²) in [6.45, 7) is 0. The molecule has 1 aromatic heterocycles. The van der Waals surface area contributed by atoms with Crippen LogP contribution >= 0.6 is 15.9 Å². The maximum absolute atomic E-state index is 13.0. The molecule has 0 bridgehead atoms. The van der Waals surface area contributed by atoms with Gasteiger partial charge in [-0.15, -0.1) is 0 Å². The van der Waals surface area contributed by atoms with Gasteiger partial charge in [-0.3, -0.25) is 0 Å². The molecule has 2 aliphatic rings. The van der Waals surface area contributed by atoms with Crippen molar-refractivity contribution >= 4 is 15.9 Å². The van der Waals surface area contributed by atoms with Crippen LogP contribution in [0.4, 0.5) is 13.2 Å². The largest absolute Gasteiger partial charge is 0.416 e. The number of nitrogens with zero attached hydrogens (tertiary/aromatic N) is 1. The Morgan fingerprint density at radius 2 is 1.83 bits per heavy atom. The number of aromatic nitrogens is 1. The topological polar surface area (TPSA) is 26.0 Å². The summed E-state index contributed by atoms with van der Waals surface area (Å²) in [5.74, 6) is 1.71. The lowest BCUT2D eigenvalue weighted by molar-refractivity contribution is -0.137. The molecule has 2 fully saturated rings. The third kappa shape index (κ3) is 3.05. The summed E-state index contributed by atoms with van der Waals surface area (Å²) in [5, 5.41) is 4.22. The summed E-state index contributed by atoms with van der Waals surface area (Å²) in [7, 11) is 0. The van der Waals surface area contributed by atoms with Gasteiger partial charge in [0.15, 0.2) is 0 Å². The van der Waals surface area contributed by atoms with Gasteiger partial charge < -0.3 is 4.52 Å². The molecule has 0 spiro atoms. The molecule has 1 aromatic carbocycles. The average molecular weight is 386 g/mol. The second kappa shape index (κ2) is 5.36. The van der Waals surface area contributed by atoms with Crippen molar-refractivity contribution < 1.29 is 17.7 Å². The lowest BCUT2D eigenvalue weighted by Gasteiger charge is -2.11. The average Bonchev–Trinajstić information content (AvgIpc) is 3.39. The van der Waals surface area contributed by atoms with E-state index in [9.17, 15) is 13.2 Å². The van der Waals surface area contributed by atoms with E-state index >= 15 is 0 Å². The molecule has 0 aliphatic heterocycles. The van der Waals surface area contributed by atoms with E-state index < -0.39 is 11.7 Å². The smallest absolute Gasteiger partial charge is 0.361 e. The number of hydrogen-bond acceptors (Lipinski definition) is 2. The monoisotopic (exact) mass is 385 g/mol. The van der Waals surface area contributed by atoms with Crippen LogP contribution in [-0.4, -0.2) is 5.16 Å². The van der Waals surface area contributed by atoms with Crippen LogP contribution in [0, 0.1) is 0 Å². The predicted octanol–water partition coefficient (Wildman–Crippen LogP) is 5.80. The summed E-state index contributed by atoms with van der Waals surface area (Å²) in [4.78, 5) is 0. The van der Waals surface area contributed by atoms with Crippen molar-refractivity contribution in [2.45, 2.75) is 50.1 Å². The molecule has 23 heavy (non-hydrogen) atoms. The van der Waals surface area contributed by atoms with E-state index in [1.165, 1.54) is 12.1 Å². The van der Waals surface area contributed by atoms with E-state index in [0.29, 0.717) is 28.3 Å². The van der Waals surface area contributed by atoms with Crippen LogP contribution in [0.3, 0.4) is 0 Å². The van der Waals surface area contributed by atoms with Crippen molar-refractivity contribution in [1.29, 1.82) is 0 Å². The number of alkyl halides is 3. The maximum atomic E-state index is 13.0. The molecule has 0 saturated heterocycles. The molecule has 2 aliphatic carbocycles. The number of benzene rings is 1. The first-order chi connectivity index (χ1) is 10.9. The van der Waals surface area contributed by atoms with E-state index in [4.69, 9.17) is 4.52 Å². The first-order valence-corrected chi connectivity index (χ1v) is 8.56. The molecule has 1 heterocycles. The van der Waals surface area contributed by atoms with Crippen LogP contribution in [0.2, 0.25) is 0 Å². The third-order valence-electron chi connectivity index (χ3n) is 4.50. The summed E-state index contributed by atoms with van der Waals surface area (Å²) in [5.41, 5.74) is 1.98. The molecule has 2 nitrogen and oxygen atoms in total. The highest BCUT2D eigenvalue weighted by Crippen LogP contribution is 2.48. The van der Waals surface area contributed by atoms with Gasteiger partial charge in [-0.05, 0) is 49.4 Å². The second-order valence-corrected chi connectivity index (χ2v) is 7.29. The first kappa shape index (κ1) is 15.2. The molecule has 6 heteroatoms. The number of halogens is 4. The fourth-order valence-electron chi connectivity index (χ4n) is 2.93. The zero-order valence-electron chi connectivity index (χ0n) is 12.3. The highest BCUT2D eigenvalue weighted by atomic mass is 79.9. The zero-order chi connectivity index (χ0) is 16.2. The Labute approximate surface area is 140 Å². The van der Waals surface area contributed by atoms with E-state index in [-0.39, 0.29) is 0 Å². The van der Waals surface area contributed by atoms with E-state index in [2.05, 4.69) is 21.1 Å². The van der Waals surface area contributed by atoms with Crippen molar-refractivity contribution in [3.05, 3.63) is 50.8 Å². The Morgan fingerprint density at radius 1 is 1.13 bits per heavy atom. The summed E-state index contributed by atoms with van der Waals surface area (Å²) < 4.78 is 45.1. The van der Waals surface area contributed by atoms with Crippen LogP contribution in [0.1, 0.15) is 65.7 Å². The minimum atomic E-state index is -4.33. The highest BCUT2D eigenvalue weighted by molar-refractivity contribution is 9.10. The molecular weight excluding hydrogens is 371 g/mol. The molecule has 122 valence electrons. The van der Waals surface area contributed by atoms with Crippen molar-refractivity contribution in [1.82, 2.24) is 5.16 Å². The Hall–Kier alpha value is -1.30. The number of rotatable bonds is 4. The van der Waals surface area contributed by atoms with Gasteiger partial charge >= 0.3 is 6.18 Å². The van der Waals surface area contributed by atoms with Gasteiger partial charge in [0, 0.05) is 28.3 Å². The van der Waals surface area contributed by atoms with Gasteiger partial charge in [0.1, 0.15) is 5.76 Å². The van der Waals surface area contributed by atoms with Gasteiger partial charge in [0.2, 0.25) is 0 Å². The Morgan fingerprint density at radius 3 is 2.43 bits per heavy atom. The number of hydrogen-bond donors (Lipinski definition) is 0. The molecular formula is C17H15BrF3NO. The summed E-state index contributed by atoms with van der Waals surface area (Å²) in [6.07, 6.45) is 0.446. The quantitative estimate of drug-likeness (QED) is 0.664. The van der Waals surface area contributed by atoms with Crippen LogP contribution in [0.5, 0.6) is 0 Å². The summed E-state index contributed by atoms with van der Waals surface area (Å²) in [6, 6.07) is 3.80. The molecule has 0 amide bonds. The predicted molar refractivity (Wildman–Crippen MR) is 82.4 cm³/mol. The molecule has 4 rings (SSSR count). The molecule has 2 aromatic rings. The Balaban J connectivity index is 1.72. The highest BCUT2D eigenvalue weighted by Gasteiger charge is 2.37. The van der Waals surface area contributed by atoms with Crippen molar-refractivity contribution in [2.75, 3.05) is 0 Å². The van der Waals surface area contributed by atoms with Gasteiger partial charge in [-0.25, -0.2) is 0 Å². The van der Waals surface area contributed by atoms with Gasteiger partial charge in [0.05, 0.1) is 11.3 Å². The third-order valence-corrected chi connectivity index (χ3v) is 5.28. The molecule has 0 N–H and O–H groups in total. The summed E-state index contributed by atoms with van der Waals surface area (Å²) >= 11 is 3.38. The molecule has 2 saturated carbocycles. The molecule has 0 radical (unpaired) electrons. The van der Waals surface area contributed by atoms with Gasteiger partial charge in [-0.1, -0.05) is 21.1 Å². The van der Waals surface area contributed by atoms with Gasteiger partial charge in [-0.2, -0.15) is 13.2 Å². The van der Waals surface area contributed by atoms with Crippen LogP contribution in [0.25, 0.3) is 0 Å². The SMILES string of the molecule is FC(F)(F)c1ccc(Br)c(Cc2c(C3CC3)noc2C2CC2)c1. The van der Waals surface area contributed by atoms with Crippen LogP contribution in [-0.2, 0) is 12.6 Å². The van der Waals surface area contributed by atoms with Crippen molar-refractivity contribution in [3.63, 3.8) is 0 Å². The standard InChI is InChI=1S/C17H15BrF3NO/c18-14-6-5-12(17(19,20)21)7-11(14)8-13-15(9-1-2-9)22-23-16(13)10-3-4-10/h5-7,9-10H,1-4,8H2. The minimum Gasteiger partial charge on any atom is -0.361 e. The van der Waals surface area contributed by atoms with Crippen molar-refractivity contribution in [3.8, 4) is 0 Å². The molecule has 0 atom stereocenters. The van der Waals surface area contributed by atoms with Crippen LogP contribution in [0.15, 0.2) is 27.2 Å². The lowest BCUT2D eigenvalue weighted by atomic mass is 9.98.